The van der Waals surface area contributed by atoms with Crippen LogP contribution >= 0.6 is 46.6 Å². The summed E-state index contributed by atoms with van der Waals surface area (Å²) in [6.45, 7) is 0. The number of anilines is 2. The van der Waals surface area contributed by atoms with E-state index in [1.165, 1.54) is 23.9 Å². The van der Waals surface area contributed by atoms with Crippen molar-refractivity contribution in [2.75, 3.05) is 30.1 Å². The largest absolute Gasteiger partial charge is 0.378 e. The first kappa shape index (κ1) is 21.8. The number of hydrogen-bond acceptors (Lipinski definition) is 5. The molecule has 3 aromatic rings. The van der Waals surface area contributed by atoms with Crippen LogP contribution in [0.15, 0.2) is 41.6 Å². The fourth-order valence-electron chi connectivity index (χ4n) is 2.55. The highest BCUT2D eigenvalue weighted by atomic mass is 35.5. The van der Waals surface area contributed by atoms with Gasteiger partial charge in [-0.3, -0.25) is 4.79 Å². The molecule has 0 saturated heterocycles. The van der Waals surface area contributed by atoms with Gasteiger partial charge in [0.25, 0.3) is 0 Å². The Balaban J connectivity index is 1.68. The van der Waals surface area contributed by atoms with E-state index >= 15 is 0 Å². The second kappa shape index (κ2) is 9.26. The summed E-state index contributed by atoms with van der Waals surface area (Å²) in [6.07, 6.45) is 0. The number of benzene rings is 2. The third kappa shape index (κ3) is 5.17. The molecule has 0 aliphatic heterocycles. The van der Waals surface area contributed by atoms with E-state index in [4.69, 9.17) is 34.8 Å². The van der Waals surface area contributed by atoms with Gasteiger partial charge in [-0.05, 0) is 24.3 Å². The molecule has 0 aliphatic carbocycles. The van der Waals surface area contributed by atoms with E-state index in [1.54, 1.807) is 0 Å². The van der Waals surface area contributed by atoms with Crippen LogP contribution in [0.4, 0.5) is 11.4 Å². The Bertz CT molecular complexity index is 1050. The molecule has 0 spiro atoms. The van der Waals surface area contributed by atoms with Crippen LogP contribution in [0.1, 0.15) is 0 Å². The van der Waals surface area contributed by atoms with Crippen molar-refractivity contribution in [3.63, 3.8) is 0 Å². The van der Waals surface area contributed by atoms with E-state index in [2.05, 4.69) is 15.5 Å². The van der Waals surface area contributed by atoms with Crippen LogP contribution in [-0.2, 0) is 11.8 Å². The van der Waals surface area contributed by atoms with Crippen molar-refractivity contribution in [2.45, 2.75) is 5.16 Å². The molecular weight excluding hydrogens is 453 g/mol. The van der Waals surface area contributed by atoms with E-state index in [9.17, 15) is 4.79 Å². The normalized spacial score (nSPS) is 10.8. The van der Waals surface area contributed by atoms with Crippen molar-refractivity contribution in [3.05, 3.63) is 51.5 Å². The average Bonchev–Trinajstić information content (AvgIpc) is 3.05. The lowest BCUT2D eigenvalue weighted by atomic mass is 10.2. The Labute approximate surface area is 188 Å². The van der Waals surface area contributed by atoms with Gasteiger partial charge in [0.05, 0.1) is 26.5 Å². The summed E-state index contributed by atoms with van der Waals surface area (Å²) in [5.74, 6) is 0.624. The number of carbonyl (C=O) groups excluding carboxylic acids is 1. The summed E-state index contributed by atoms with van der Waals surface area (Å²) < 4.78 is 1.86. The molecule has 1 heterocycles. The molecule has 1 aromatic heterocycles. The number of halogens is 3. The van der Waals surface area contributed by atoms with Gasteiger partial charge in [-0.25, -0.2) is 0 Å². The van der Waals surface area contributed by atoms with Crippen molar-refractivity contribution >= 4 is 63.8 Å². The molecule has 152 valence electrons. The van der Waals surface area contributed by atoms with E-state index in [0.717, 1.165) is 17.1 Å². The van der Waals surface area contributed by atoms with E-state index < -0.39 is 0 Å². The van der Waals surface area contributed by atoms with E-state index in [-0.39, 0.29) is 11.7 Å². The number of amides is 1. The molecule has 0 unspecified atom stereocenters. The molecule has 29 heavy (non-hydrogen) atoms. The lowest BCUT2D eigenvalue weighted by Gasteiger charge is -2.13. The highest BCUT2D eigenvalue weighted by Crippen LogP contribution is 2.32. The maximum absolute atomic E-state index is 12.3. The maximum atomic E-state index is 12.3. The number of hydrogen-bond donors (Lipinski definition) is 1. The fourth-order valence-corrected chi connectivity index (χ4v) is 3.86. The molecular formula is C19H18Cl3N5OS. The standard InChI is InChI=1S/C19H18Cl3N5OS/c1-26(2)12-6-4-5-11(7-12)18-24-25-19(27(18)3)29-10-17(28)23-16-9-14(21)13(20)8-15(16)22/h4-9H,10H2,1-3H3,(H,23,28). The summed E-state index contributed by atoms with van der Waals surface area (Å²) >= 11 is 19.3. The summed E-state index contributed by atoms with van der Waals surface area (Å²) in [4.78, 5) is 14.3. The minimum Gasteiger partial charge on any atom is -0.378 e. The summed E-state index contributed by atoms with van der Waals surface area (Å²) in [5, 5.41) is 12.8. The monoisotopic (exact) mass is 469 g/mol. The number of nitrogens with one attached hydrogen (secondary N) is 1. The molecule has 0 bridgehead atoms. The number of aromatic nitrogens is 3. The van der Waals surface area contributed by atoms with Gasteiger partial charge in [-0.1, -0.05) is 58.7 Å². The van der Waals surface area contributed by atoms with Gasteiger partial charge in [-0.15, -0.1) is 10.2 Å². The van der Waals surface area contributed by atoms with Gasteiger partial charge >= 0.3 is 0 Å². The first-order chi connectivity index (χ1) is 13.8. The van der Waals surface area contributed by atoms with Gasteiger partial charge in [0.2, 0.25) is 5.91 Å². The van der Waals surface area contributed by atoms with Crippen molar-refractivity contribution < 1.29 is 4.79 Å². The first-order valence-electron chi connectivity index (χ1n) is 8.50. The lowest BCUT2D eigenvalue weighted by molar-refractivity contribution is -0.113. The number of nitrogens with zero attached hydrogens (tertiary/aromatic N) is 4. The molecule has 0 atom stereocenters. The second-order valence-electron chi connectivity index (χ2n) is 6.39. The van der Waals surface area contributed by atoms with Crippen molar-refractivity contribution in [1.29, 1.82) is 0 Å². The topological polar surface area (TPSA) is 63.1 Å². The predicted octanol–water partition coefficient (Wildman–Crippen LogP) is 5.24. The van der Waals surface area contributed by atoms with Crippen LogP contribution in [0, 0.1) is 0 Å². The van der Waals surface area contributed by atoms with Gasteiger partial charge in [0.1, 0.15) is 0 Å². The van der Waals surface area contributed by atoms with E-state index in [1.807, 2.05) is 54.9 Å². The molecule has 10 heteroatoms. The lowest BCUT2D eigenvalue weighted by Crippen LogP contribution is -2.14. The highest BCUT2D eigenvalue weighted by molar-refractivity contribution is 7.99. The summed E-state index contributed by atoms with van der Waals surface area (Å²) in [6, 6.07) is 11.0. The second-order valence-corrected chi connectivity index (χ2v) is 8.56. The van der Waals surface area contributed by atoms with Crippen LogP contribution < -0.4 is 10.2 Å². The minimum absolute atomic E-state index is 0.139. The zero-order chi connectivity index (χ0) is 21.1. The Morgan fingerprint density at radius 2 is 1.83 bits per heavy atom. The molecule has 0 aliphatic rings. The third-order valence-corrected chi connectivity index (χ3v) is 6.13. The molecule has 2 aromatic carbocycles. The highest BCUT2D eigenvalue weighted by Gasteiger charge is 2.15. The molecule has 1 amide bonds. The summed E-state index contributed by atoms with van der Waals surface area (Å²) in [5.41, 5.74) is 2.42. The van der Waals surface area contributed by atoms with Crippen LogP contribution in [0.5, 0.6) is 0 Å². The number of carbonyl (C=O) groups is 1. The van der Waals surface area contributed by atoms with Crippen molar-refractivity contribution in [2.24, 2.45) is 7.05 Å². The summed E-state index contributed by atoms with van der Waals surface area (Å²) in [7, 11) is 5.83. The number of thioether (sulfide) groups is 1. The Morgan fingerprint density at radius 3 is 2.55 bits per heavy atom. The van der Waals surface area contributed by atoms with Gasteiger partial charge in [-0.2, -0.15) is 0 Å². The zero-order valence-corrected chi connectivity index (χ0v) is 19.0. The third-order valence-electron chi connectivity index (χ3n) is 4.07. The van der Waals surface area contributed by atoms with E-state index in [0.29, 0.717) is 25.9 Å². The fraction of sp³-hybridized carbons (Fsp3) is 0.211. The van der Waals surface area contributed by atoms with Crippen LogP contribution in [0.3, 0.4) is 0 Å². The maximum Gasteiger partial charge on any atom is 0.234 e. The van der Waals surface area contributed by atoms with Crippen LogP contribution in [0.2, 0.25) is 15.1 Å². The molecule has 0 saturated carbocycles. The van der Waals surface area contributed by atoms with Gasteiger partial charge in [0, 0.05) is 32.4 Å². The van der Waals surface area contributed by atoms with Gasteiger partial charge in [0.15, 0.2) is 11.0 Å². The van der Waals surface area contributed by atoms with Gasteiger partial charge < -0.3 is 14.8 Å². The molecule has 0 radical (unpaired) electrons. The van der Waals surface area contributed by atoms with Crippen LogP contribution in [0.25, 0.3) is 11.4 Å². The SMILES string of the molecule is CN(C)c1cccc(-c2nnc(SCC(=O)Nc3cc(Cl)c(Cl)cc3Cl)n2C)c1. The molecule has 0 fully saturated rings. The Kier molecular flexibility index (Phi) is 6.95. The molecule has 6 nitrogen and oxygen atoms in total. The zero-order valence-electron chi connectivity index (χ0n) is 15.9. The Morgan fingerprint density at radius 1 is 1.10 bits per heavy atom. The van der Waals surface area contributed by atoms with Crippen LogP contribution in [-0.4, -0.2) is 40.5 Å². The quantitative estimate of drug-likeness (QED) is 0.394. The van der Waals surface area contributed by atoms with Crippen molar-refractivity contribution in [3.8, 4) is 11.4 Å². The number of rotatable bonds is 6. The van der Waals surface area contributed by atoms with Crippen molar-refractivity contribution in [1.82, 2.24) is 14.8 Å². The predicted molar refractivity (Wildman–Crippen MR) is 122 cm³/mol. The first-order valence-corrected chi connectivity index (χ1v) is 10.6. The molecule has 1 N–H and O–H groups in total. The minimum atomic E-state index is -0.241. The average molecular weight is 471 g/mol. The Hall–Kier alpha value is -1.93. The molecule has 3 rings (SSSR count). The smallest absolute Gasteiger partial charge is 0.234 e.